The van der Waals surface area contributed by atoms with Crippen molar-refractivity contribution in [3.05, 3.63) is 75.8 Å². The predicted molar refractivity (Wildman–Crippen MR) is 126 cm³/mol. The van der Waals surface area contributed by atoms with Crippen molar-refractivity contribution in [1.82, 2.24) is 14.9 Å². The first-order valence-corrected chi connectivity index (χ1v) is 11.5. The Bertz CT molecular complexity index is 1060. The molecule has 0 bridgehead atoms. The third-order valence-electron chi connectivity index (χ3n) is 5.70. The molecule has 5 heteroatoms. The van der Waals surface area contributed by atoms with Crippen molar-refractivity contribution in [2.24, 2.45) is 0 Å². The van der Waals surface area contributed by atoms with Crippen molar-refractivity contribution < 1.29 is 4.79 Å². The lowest BCUT2D eigenvalue weighted by atomic mass is 10.0. The second-order valence-corrected chi connectivity index (χ2v) is 8.04. The fraction of sp³-hybridized carbons (Fsp3) is 0.423. The second kappa shape index (κ2) is 10.9. The number of para-hydroxylation sites is 1. The molecule has 1 N–H and O–H groups in total. The standard InChI is InChI=1S/C26H33N3O2/c1-4-7-8-11-19-14-16-20(17-15-19)26(31)29(18-5-2)23(6-3)24-27-22-13-10-9-12-21(22)25(30)28-24/h9-10,12-17,23H,4-8,11,18H2,1-3H3,(H,27,28,30)/t23-/m0/s1. The summed E-state index contributed by atoms with van der Waals surface area (Å²) in [5, 5.41) is 0.563. The quantitative estimate of drug-likeness (QED) is 0.431. The van der Waals surface area contributed by atoms with E-state index in [2.05, 4.69) is 31.0 Å². The van der Waals surface area contributed by atoms with Crippen molar-refractivity contribution in [3.63, 3.8) is 0 Å². The third-order valence-corrected chi connectivity index (χ3v) is 5.70. The number of aromatic amines is 1. The molecule has 164 valence electrons. The van der Waals surface area contributed by atoms with E-state index in [0.29, 0.717) is 35.3 Å². The topological polar surface area (TPSA) is 66.1 Å². The van der Waals surface area contributed by atoms with Gasteiger partial charge in [-0.25, -0.2) is 4.98 Å². The first kappa shape index (κ1) is 22.7. The summed E-state index contributed by atoms with van der Waals surface area (Å²) in [6.07, 6.45) is 6.13. The van der Waals surface area contributed by atoms with Crippen molar-refractivity contribution in [2.75, 3.05) is 6.54 Å². The summed E-state index contributed by atoms with van der Waals surface area (Å²) in [5.41, 5.74) is 2.42. The number of carbonyl (C=O) groups excluding carboxylic acids is 1. The van der Waals surface area contributed by atoms with Gasteiger partial charge in [-0.2, -0.15) is 0 Å². The molecular weight excluding hydrogens is 386 g/mol. The monoisotopic (exact) mass is 419 g/mol. The van der Waals surface area contributed by atoms with Gasteiger partial charge in [-0.05, 0) is 55.5 Å². The zero-order chi connectivity index (χ0) is 22.2. The number of amides is 1. The highest BCUT2D eigenvalue weighted by Crippen LogP contribution is 2.24. The molecule has 1 heterocycles. The van der Waals surface area contributed by atoms with E-state index in [4.69, 9.17) is 4.98 Å². The van der Waals surface area contributed by atoms with Gasteiger partial charge in [0.2, 0.25) is 0 Å². The van der Waals surface area contributed by atoms with Crippen LogP contribution in [0, 0.1) is 0 Å². The van der Waals surface area contributed by atoms with Crippen LogP contribution in [0.3, 0.4) is 0 Å². The molecule has 1 atom stereocenters. The summed E-state index contributed by atoms with van der Waals surface area (Å²) >= 11 is 0. The predicted octanol–water partition coefficient (Wildman–Crippen LogP) is 5.66. The maximum Gasteiger partial charge on any atom is 0.258 e. The highest BCUT2D eigenvalue weighted by Gasteiger charge is 2.26. The normalized spacial score (nSPS) is 12.1. The fourth-order valence-electron chi connectivity index (χ4n) is 4.02. The van der Waals surface area contributed by atoms with E-state index in [0.717, 1.165) is 12.8 Å². The molecule has 31 heavy (non-hydrogen) atoms. The number of unbranched alkanes of at least 4 members (excludes halogenated alkanes) is 2. The van der Waals surface area contributed by atoms with E-state index in [1.165, 1.54) is 24.8 Å². The van der Waals surface area contributed by atoms with Crippen LogP contribution in [0.4, 0.5) is 0 Å². The minimum absolute atomic E-state index is 0.0235. The molecule has 0 spiro atoms. The van der Waals surface area contributed by atoms with Gasteiger partial charge < -0.3 is 9.88 Å². The van der Waals surface area contributed by atoms with Crippen molar-refractivity contribution >= 4 is 16.8 Å². The summed E-state index contributed by atoms with van der Waals surface area (Å²) in [4.78, 5) is 35.5. The van der Waals surface area contributed by atoms with Crippen LogP contribution in [0.1, 0.15) is 80.7 Å². The summed E-state index contributed by atoms with van der Waals surface area (Å²) in [6.45, 7) is 6.88. The molecule has 0 aliphatic carbocycles. The number of carbonyl (C=O) groups is 1. The zero-order valence-corrected chi connectivity index (χ0v) is 18.9. The smallest absolute Gasteiger partial charge is 0.258 e. The highest BCUT2D eigenvalue weighted by molar-refractivity contribution is 5.94. The van der Waals surface area contributed by atoms with Crippen LogP contribution < -0.4 is 5.56 Å². The van der Waals surface area contributed by atoms with E-state index in [9.17, 15) is 9.59 Å². The van der Waals surface area contributed by atoms with Gasteiger partial charge in [0, 0.05) is 12.1 Å². The number of H-pyrrole nitrogens is 1. The molecule has 0 saturated heterocycles. The first-order valence-electron chi connectivity index (χ1n) is 11.5. The number of nitrogens with zero attached hydrogens (tertiary/aromatic N) is 2. The minimum atomic E-state index is -0.283. The maximum absolute atomic E-state index is 13.4. The highest BCUT2D eigenvalue weighted by atomic mass is 16.2. The number of benzene rings is 2. The Labute approximate surface area is 184 Å². The molecule has 5 nitrogen and oxygen atoms in total. The Morgan fingerprint density at radius 1 is 1.00 bits per heavy atom. The number of aromatic nitrogens is 2. The Kier molecular flexibility index (Phi) is 7.99. The Balaban J connectivity index is 1.89. The summed E-state index contributed by atoms with van der Waals surface area (Å²) in [7, 11) is 0. The van der Waals surface area contributed by atoms with E-state index < -0.39 is 0 Å². The summed E-state index contributed by atoms with van der Waals surface area (Å²) in [5.74, 6) is 0.522. The minimum Gasteiger partial charge on any atom is -0.328 e. The van der Waals surface area contributed by atoms with E-state index >= 15 is 0 Å². The largest absolute Gasteiger partial charge is 0.328 e. The van der Waals surface area contributed by atoms with Gasteiger partial charge in [0.05, 0.1) is 16.9 Å². The van der Waals surface area contributed by atoms with Crippen LogP contribution in [0.5, 0.6) is 0 Å². The van der Waals surface area contributed by atoms with Gasteiger partial charge in [0.1, 0.15) is 5.82 Å². The zero-order valence-electron chi connectivity index (χ0n) is 18.9. The third kappa shape index (κ3) is 5.40. The van der Waals surface area contributed by atoms with E-state index in [1.54, 1.807) is 6.07 Å². The van der Waals surface area contributed by atoms with Gasteiger partial charge in [0.25, 0.3) is 11.5 Å². The Morgan fingerprint density at radius 2 is 1.74 bits per heavy atom. The molecule has 0 aliphatic heterocycles. The maximum atomic E-state index is 13.4. The fourth-order valence-corrected chi connectivity index (χ4v) is 4.02. The van der Waals surface area contributed by atoms with Crippen LogP contribution in [-0.4, -0.2) is 27.3 Å². The summed E-state index contributed by atoms with van der Waals surface area (Å²) < 4.78 is 0. The molecule has 0 aliphatic rings. The van der Waals surface area contributed by atoms with Gasteiger partial charge in [-0.3, -0.25) is 9.59 Å². The van der Waals surface area contributed by atoms with Crippen LogP contribution >= 0.6 is 0 Å². The number of nitrogens with one attached hydrogen (secondary N) is 1. The molecule has 0 fully saturated rings. The van der Waals surface area contributed by atoms with Crippen molar-refractivity contribution in [1.29, 1.82) is 0 Å². The number of hydrogen-bond acceptors (Lipinski definition) is 3. The van der Waals surface area contributed by atoms with Crippen molar-refractivity contribution in [2.45, 2.75) is 65.3 Å². The molecule has 0 saturated carbocycles. The molecule has 3 aromatic rings. The molecule has 3 rings (SSSR count). The van der Waals surface area contributed by atoms with Gasteiger partial charge in [-0.1, -0.05) is 57.9 Å². The first-order chi connectivity index (χ1) is 15.1. The average molecular weight is 420 g/mol. The molecule has 1 aromatic heterocycles. The number of hydrogen-bond donors (Lipinski definition) is 1. The Morgan fingerprint density at radius 3 is 2.42 bits per heavy atom. The van der Waals surface area contributed by atoms with Crippen LogP contribution in [0.15, 0.2) is 53.3 Å². The molecule has 0 unspecified atom stereocenters. The lowest BCUT2D eigenvalue weighted by Crippen LogP contribution is -2.37. The van der Waals surface area contributed by atoms with Gasteiger partial charge in [0.15, 0.2) is 0 Å². The molecule has 2 aromatic carbocycles. The van der Waals surface area contributed by atoms with E-state index in [-0.39, 0.29) is 17.5 Å². The lowest BCUT2D eigenvalue weighted by Gasteiger charge is -2.30. The van der Waals surface area contributed by atoms with Crippen LogP contribution in [-0.2, 0) is 6.42 Å². The molecule has 0 radical (unpaired) electrons. The summed E-state index contributed by atoms with van der Waals surface area (Å²) in [6, 6.07) is 15.0. The average Bonchev–Trinajstić information content (AvgIpc) is 2.79. The second-order valence-electron chi connectivity index (χ2n) is 8.04. The number of aryl methyl sites for hydroxylation is 1. The number of fused-ring (bicyclic) bond motifs is 1. The van der Waals surface area contributed by atoms with Gasteiger partial charge >= 0.3 is 0 Å². The van der Waals surface area contributed by atoms with E-state index in [1.807, 2.05) is 42.2 Å². The van der Waals surface area contributed by atoms with Crippen LogP contribution in [0.25, 0.3) is 10.9 Å². The molecular formula is C26H33N3O2. The lowest BCUT2D eigenvalue weighted by molar-refractivity contribution is 0.0661. The molecule has 1 amide bonds. The SMILES string of the molecule is CCCCCc1ccc(C(=O)N(CCC)[C@@H](CC)c2nc3ccccc3c(=O)[nH]2)cc1. The Hall–Kier alpha value is -2.95. The van der Waals surface area contributed by atoms with Crippen LogP contribution in [0.2, 0.25) is 0 Å². The number of rotatable bonds is 10. The van der Waals surface area contributed by atoms with Crippen molar-refractivity contribution in [3.8, 4) is 0 Å². The van der Waals surface area contributed by atoms with Gasteiger partial charge in [-0.15, -0.1) is 0 Å².